The largest absolute Gasteiger partial charge is 0.493 e. The van der Waals surface area contributed by atoms with Crippen LogP contribution in [-0.2, 0) is 0 Å². The van der Waals surface area contributed by atoms with Gasteiger partial charge in [0.2, 0.25) is 0 Å². The van der Waals surface area contributed by atoms with Crippen molar-refractivity contribution in [3.63, 3.8) is 0 Å². The Morgan fingerprint density at radius 2 is 1.96 bits per heavy atom. The Morgan fingerprint density at radius 3 is 2.72 bits per heavy atom. The van der Waals surface area contributed by atoms with Crippen molar-refractivity contribution in [2.24, 2.45) is 0 Å². The molecule has 0 unspecified atom stereocenters. The van der Waals surface area contributed by atoms with E-state index < -0.39 is 11.6 Å². The second kappa shape index (κ2) is 7.64. The highest BCUT2D eigenvalue weighted by atomic mass is 19.2. The van der Waals surface area contributed by atoms with Crippen molar-refractivity contribution in [3.8, 4) is 5.75 Å². The molecule has 0 aliphatic heterocycles. The van der Waals surface area contributed by atoms with Gasteiger partial charge >= 0.3 is 0 Å². The first-order valence-electron chi connectivity index (χ1n) is 8.57. The van der Waals surface area contributed by atoms with Crippen LogP contribution in [-0.4, -0.2) is 18.6 Å². The fourth-order valence-electron chi connectivity index (χ4n) is 3.46. The summed E-state index contributed by atoms with van der Waals surface area (Å²) < 4.78 is 32.2. The fourth-order valence-corrected chi connectivity index (χ4v) is 3.46. The normalized spacial score (nSPS) is 19.6. The second-order valence-corrected chi connectivity index (χ2v) is 6.22. The van der Waals surface area contributed by atoms with E-state index in [0.29, 0.717) is 17.9 Å². The molecule has 1 aliphatic rings. The SMILES string of the molecule is CCOc1ccccc1C(=O)N[C@@H]1CCC[C@@H]1c1ccc(F)c(F)c1. The smallest absolute Gasteiger partial charge is 0.255 e. The lowest BCUT2D eigenvalue weighted by molar-refractivity contribution is 0.0930. The minimum atomic E-state index is -0.854. The summed E-state index contributed by atoms with van der Waals surface area (Å²) in [5.41, 5.74) is 1.21. The molecule has 2 aromatic carbocycles. The van der Waals surface area contributed by atoms with E-state index >= 15 is 0 Å². The Bertz CT molecular complexity index is 763. The molecule has 0 aromatic heterocycles. The van der Waals surface area contributed by atoms with Crippen LogP contribution < -0.4 is 10.1 Å². The molecular weight excluding hydrogens is 324 g/mol. The standard InChI is InChI=1S/C20H21F2NO2/c1-2-25-19-9-4-3-6-15(19)20(24)23-18-8-5-7-14(18)13-10-11-16(21)17(22)12-13/h3-4,6,9-12,14,18H,2,5,7-8H2,1H3,(H,23,24)/t14-,18-/m1/s1. The molecule has 2 aromatic rings. The van der Waals surface area contributed by atoms with Crippen molar-refractivity contribution in [1.29, 1.82) is 0 Å². The Hall–Kier alpha value is -2.43. The fraction of sp³-hybridized carbons (Fsp3) is 0.350. The van der Waals surface area contributed by atoms with Crippen molar-refractivity contribution in [1.82, 2.24) is 5.32 Å². The molecule has 132 valence electrons. The lowest BCUT2D eigenvalue weighted by Crippen LogP contribution is -2.36. The van der Waals surface area contributed by atoms with E-state index in [4.69, 9.17) is 4.74 Å². The van der Waals surface area contributed by atoms with Gasteiger partial charge in [0, 0.05) is 12.0 Å². The van der Waals surface area contributed by atoms with E-state index in [-0.39, 0.29) is 17.9 Å². The topological polar surface area (TPSA) is 38.3 Å². The van der Waals surface area contributed by atoms with Crippen LogP contribution in [0.4, 0.5) is 8.78 Å². The van der Waals surface area contributed by atoms with Gasteiger partial charge in [-0.15, -0.1) is 0 Å². The maximum absolute atomic E-state index is 13.5. The number of hydrogen-bond acceptors (Lipinski definition) is 2. The monoisotopic (exact) mass is 345 g/mol. The van der Waals surface area contributed by atoms with Gasteiger partial charge in [-0.2, -0.15) is 0 Å². The van der Waals surface area contributed by atoms with Gasteiger partial charge in [-0.3, -0.25) is 4.79 Å². The van der Waals surface area contributed by atoms with Gasteiger partial charge in [-0.1, -0.05) is 24.6 Å². The molecule has 1 amide bonds. The predicted octanol–water partition coefficient (Wildman–Crippen LogP) is 4.43. The minimum absolute atomic E-state index is 0.0155. The molecule has 0 bridgehead atoms. The molecule has 25 heavy (non-hydrogen) atoms. The first-order valence-corrected chi connectivity index (χ1v) is 8.57. The highest BCUT2D eigenvalue weighted by molar-refractivity contribution is 5.97. The van der Waals surface area contributed by atoms with Crippen LogP contribution in [0.1, 0.15) is 48.0 Å². The molecular formula is C20H21F2NO2. The van der Waals surface area contributed by atoms with Gasteiger partial charge in [0.05, 0.1) is 12.2 Å². The molecule has 0 saturated heterocycles. The summed E-state index contributed by atoms with van der Waals surface area (Å²) in [6.07, 6.45) is 2.58. The molecule has 1 aliphatic carbocycles. The van der Waals surface area contributed by atoms with Crippen molar-refractivity contribution in [3.05, 3.63) is 65.2 Å². The third-order valence-corrected chi connectivity index (χ3v) is 4.64. The van der Waals surface area contributed by atoms with E-state index in [2.05, 4.69) is 5.32 Å². The highest BCUT2D eigenvalue weighted by Crippen LogP contribution is 2.35. The van der Waals surface area contributed by atoms with Crippen LogP contribution in [0.3, 0.4) is 0 Å². The van der Waals surface area contributed by atoms with E-state index in [9.17, 15) is 13.6 Å². The number of carbonyl (C=O) groups excluding carboxylic acids is 1. The minimum Gasteiger partial charge on any atom is -0.493 e. The molecule has 3 rings (SSSR count). The number of amides is 1. The molecule has 0 spiro atoms. The number of hydrogen-bond donors (Lipinski definition) is 1. The molecule has 1 saturated carbocycles. The number of halogens is 2. The number of benzene rings is 2. The van der Waals surface area contributed by atoms with Gasteiger partial charge in [-0.05, 0) is 49.6 Å². The van der Waals surface area contributed by atoms with Gasteiger partial charge < -0.3 is 10.1 Å². The van der Waals surface area contributed by atoms with Crippen molar-refractivity contribution >= 4 is 5.91 Å². The van der Waals surface area contributed by atoms with Crippen molar-refractivity contribution in [2.45, 2.75) is 38.1 Å². The molecule has 0 heterocycles. The lowest BCUT2D eigenvalue weighted by Gasteiger charge is -2.22. The third kappa shape index (κ3) is 3.81. The lowest BCUT2D eigenvalue weighted by atomic mass is 9.93. The van der Waals surface area contributed by atoms with Gasteiger partial charge in [-0.25, -0.2) is 8.78 Å². The molecule has 0 radical (unpaired) electrons. The van der Waals surface area contributed by atoms with Crippen LogP contribution in [0, 0.1) is 11.6 Å². The summed E-state index contributed by atoms with van der Waals surface area (Å²) in [5.74, 6) is -1.38. The van der Waals surface area contributed by atoms with Crippen LogP contribution in [0.5, 0.6) is 5.75 Å². The zero-order chi connectivity index (χ0) is 17.8. The average Bonchev–Trinajstić information content (AvgIpc) is 3.06. The Morgan fingerprint density at radius 1 is 1.16 bits per heavy atom. The average molecular weight is 345 g/mol. The van der Waals surface area contributed by atoms with Crippen LogP contribution in [0.25, 0.3) is 0 Å². The summed E-state index contributed by atoms with van der Waals surface area (Å²) in [6, 6.07) is 11.0. The Kier molecular flexibility index (Phi) is 5.31. The summed E-state index contributed by atoms with van der Waals surface area (Å²) >= 11 is 0. The zero-order valence-electron chi connectivity index (χ0n) is 14.1. The number of carbonyl (C=O) groups is 1. The van der Waals surface area contributed by atoms with Crippen LogP contribution in [0.15, 0.2) is 42.5 Å². The third-order valence-electron chi connectivity index (χ3n) is 4.64. The number of nitrogens with one attached hydrogen (secondary N) is 1. The first-order chi connectivity index (χ1) is 12.1. The zero-order valence-corrected chi connectivity index (χ0v) is 14.1. The Balaban J connectivity index is 1.77. The summed E-state index contributed by atoms with van der Waals surface area (Å²) in [5, 5.41) is 3.04. The maximum atomic E-state index is 13.5. The Labute approximate surface area is 146 Å². The number of rotatable bonds is 5. The quantitative estimate of drug-likeness (QED) is 0.871. The van der Waals surface area contributed by atoms with Crippen LogP contribution >= 0.6 is 0 Å². The number of para-hydroxylation sites is 1. The van der Waals surface area contributed by atoms with Crippen molar-refractivity contribution < 1.29 is 18.3 Å². The maximum Gasteiger partial charge on any atom is 0.255 e. The first kappa shape index (κ1) is 17.4. The molecule has 5 heteroatoms. The second-order valence-electron chi connectivity index (χ2n) is 6.22. The van der Waals surface area contributed by atoms with Crippen LogP contribution in [0.2, 0.25) is 0 Å². The number of ether oxygens (including phenoxy) is 1. The molecule has 1 fully saturated rings. The summed E-state index contributed by atoms with van der Waals surface area (Å²) in [4.78, 5) is 12.7. The van der Waals surface area contributed by atoms with E-state index in [0.717, 1.165) is 30.9 Å². The van der Waals surface area contributed by atoms with Gasteiger partial charge in [0.15, 0.2) is 11.6 Å². The highest BCUT2D eigenvalue weighted by Gasteiger charge is 2.31. The summed E-state index contributed by atoms with van der Waals surface area (Å²) in [7, 11) is 0. The predicted molar refractivity (Wildman–Crippen MR) is 91.8 cm³/mol. The molecule has 1 N–H and O–H groups in total. The summed E-state index contributed by atoms with van der Waals surface area (Å²) in [6.45, 7) is 2.34. The van der Waals surface area contributed by atoms with E-state index in [1.54, 1.807) is 24.3 Å². The molecule has 3 nitrogen and oxygen atoms in total. The van der Waals surface area contributed by atoms with Crippen molar-refractivity contribution in [2.75, 3.05) is 6.61 Å². The van der Waals surface area contributed by atoms with Gasteiger partial charge in [0.25, 0.3) is 5.91 Å². The van der Waals surface area contributed by atoms with Gasteiger partial charge in [0.1, 0.15) is 5.75 Å². The molecule has 2 atom stereocenters. The van der Waals surface area contributed by atoms with E-state index in [1.165, 1.54) is 6.07 Å². The van der Waals surface area contributed by atoms with E-state index in [1.807, 2.05) is 13.0 Å².